The van der Waals surface area contributed by atoms with Gasteiger partial charge in [-0.25, -0.2) is 0 Å². The first-order chi connectivity index (χ1) is 18.2. The standard InChI is InChI=1S/C28H35N3O8/c1-6-12(7-2)27(38)30-15-8-9-16(32)19-17(15)11(3)13-10-14-21(31(4)5)23(34)20(26(29)37)25(36)28(14,39)24(35)18(13)22(19)33/h8-9,11-14,21,32,34-35,39H,6-7,10H2,1-5H3,(H2,29,37)(H,30,38)/t11-,13-,14+,21+,28+/m1/s1. The number of phenols is 1. The summed E-state index contributed by atoms with van der Waals surface area (Å²) in [6.45, 7) is 5.56. The number of aromatic hydroxyl groups is 1. The van der Waals surface area contributed by atoms with E-state index in [-0.39, 0.29) is 35.1 Å². The molecule has 0 unspecified atom stereocenters. The molecule has 39 heavy (non-hydrogen) atoms. The number of primary amides is 1. The summed E-state index contributed by atoms with van der Waals surface area (Å²) in [4.78, 5) is 53.8. The normalized spacial score (nSPS) is 28.4. The Morgan fingerprint density at radius 3 is 2.31 bits per heavy atom. The van der Waals surface area contributed by atoms with Crippen LogP contribution in [0.3, 0.4) is 0 Å². The SMILES string of the molecule is CCC(CC)C(=O)Nc1ccc(O)c2c1[C@H](C)[C@H]1C[C@H]3[C@H](N(C)C)C(O)=C(C(N)=O)C(=O)[C@@]3(O)C(O)=C1C2=O. The van der Waals surface area contributed by atoms with E-state index in [1.807, 2.05) is 13.8 Å². The van der Waals surface area contributed by atoms with Crippen LogP contribution in [0.5, 0.6) is 5.75 Å². The Bertz CT molecular complexity index is 1340. The zero-order valence-electron chi connectivity index (χ0n) is 22.6. The zero-order valence-corrected chi connectivity index (χ0v) is 22.6. The molecule has 0 spiro atoms. The topological polar surface area (TPSA) is 190 Å². The average molecular weight is 542 g/mol. The van der Waals surface area contributed by atoms with E-state index in [0.717, 1.165) is 0 Å². The molecule has 1 aromatic carbocycles. The fraction of sp³-hybridized carbons (Fsp3) is 0.500. The Labute approximate surface area is 226 Å². The van der Waals surface area contributed by atoms with Crippen molar-refractivity contribution in [2.75, 3.05) is 19.4 Å². The number of hydrogen-bond acceptors (Lipinski definition) is 9. The molecule has 210 valence electrons. The van der Waals surface area contributed by atoms with Crippen LogP contribution in [0.4, 0.5) is 5.69 Å². The molecule has 5 atom stereocenters. The molecule has 11 heteroatoms. The van der Waals surface area contributed by atoms with Crippen LogP contribution in [0.15, 0.2) is 34.8 Å². The van der Waals surface area contributed by atoms with E-state index >= 15 is 0 Å². The summed E-state index contributed by atoms with van der Waals surface area (Å²) in [5.41, 5.74) is 2.13. The molecular weight excluding hydrogens is 506 g/mol. The maximum atomic E-state index is 13.9. The quantitative estimate of drug-likeness (QED) is 0.231. The van der Waals surface area contributed by atoms with Gasteiger partial charge in [0.2, 0.25) is 11.7 Å². The lowest BCUT2D eigenvalue weighted by atomic mass is 9.56. The number of nitrogens with two attached hydrogens (primary N) is 1. The lowest BCUT2D eigenvalue weighted by molar-refractivity contribution is -0.148. The van der Waals surface area contributed by atoms with Crippen molar-refractivity contribution in [2.45, 2.75) is 57.6 Å². The number of aliphatic hydroxyl groups is 3. The Balaban J connectivity index is 1.93. The van der Waals surface area contributed by atoms with Gasteiger partial charge in [-0.2, -0.15) is 0 Å². The number of carbonyl (C=O) groups excluding carboxylic acids is 4. The molecule has 0 aromatic heterocycles. The van der Waals surface area contributed by atoms with Gasteiger partial charge in [0.05, 0.1) is 11.6 Å². The number of nitrogens with zero attached hydrogens (tertiary/aromatic N) is 1. The van der Waals surface area contributed by atoms with Gasteiger partial charge in [0.1, 0.15) is 22.8 Å². The van der Waals surface area contributed by atoms with Gasteiger partial charge in [-0.3, -0.25) is 24.1 Å². The molecule has 0 fully saturated rings. The second-order valence-electron chi connectivity index (χ2n) is 10.9. The molecular formula is C28H35N3O8. The minimum absolute atomic E-state index is 0.0392. The highest BCUT2D eigenvalue weighted by Gasteiger charge is 2.64. The third-order valence-corrected chi connectivity index (χ3v) is 8.69. The predicted molar refractivity (Wildman–Crippen MR) is 141 cm³/mol. The van der Waals surface area contributed by atoms with Crippen LogP contribution in [-0.2, 0) is 14.4 Å². The number of benzene rings is 1. The van der Waals surface area contributed by atoms with Crippen molar-refractivity contribution < 1.29 is 39.6 Å². The molecule has 0 saturated carbocycles. The highest BCUT2D eigenvalue weighted by Crippen LogP contribution is 2.56. The number of ketones is 2. The minimum Gasteiger partial charge on any atom is -0.510 e. The van der Waals surface area contributed by atoms with Crippen LogP contribution in [-0.4, -0.2) is 74.4 Å². The number of carbonyl (C=O) groups is 4. The van der Waals surface area contributed by atoms with E-state index in [0.29, 0.717) is 24.1 Å². The minimum atomic E-state index is -2.71. The van der Waals surface area contributed by atoms with E-state index in [4.69, 9.17) is 5.73 Å². The van der Waals surface area contributed by atoms with Crippen molar-refractivity contribution in [1.82, 2.24) is 4.90 Å². The molecule has 0 aliphatic heterocycles. The highest BCUT2D eigenvalue weighted by molar-refractivity contribution is 6.25. The van der Waals surface area contributed by atoms with Crippen molar-refractivity contribution in [1.29, 1.82) is 0 Å². The van der Waals surface area contributed by atoms with Gasteiger partial charge in [-0.15, -0.1) is 0 Å². The molecule has 2 amide bonds. The largest absolute Gasteiger partial charge is 0.510 e. The molecule has 0 heterocycles. The smallest absolute Gasteiger partial charge is 0.255 e. The number of rotatable bonds is 6. The summed E-state index contributed by atoms with van der Waals surface area (Å²) < 4.78 is 0. The Morgan fingerprint density at radius 1 is 1.15 bits per heavy atom. The summed E-state index contributed by atoms with van der Waals surface area (Å²) in [5, 5.41) is 47.7. The van der Waals surface area contributed by atoms with Crippen molar-refractivity contribution in [2.24, 2.45) is 23.5 Å². The monoisotopic (exact) mass is 541 g/mol. The Morgan fingerprint density at radius 2 is 1.77 bits per heavy atom. The van der Waals surface area contributed by atoms with Gasteiger partial charge in [0, 0.05) is 23.1 Å². The number of amides is 2. The molecule has 3 aliphatic rings. The second-order valence-corrected chi connectivity index (χ2v) is 10.9. The molecule has 1 aromatic rings. The third-order valence-electron chi connectivity index (χ3n) is 8.69. The number of anilines is 1. The highest BCUT2D eigenvalue weighted by atomic mass is 16.3. The number of fused-ring (bicyclic) bond motifs is 3. The van der Waals surface area contributed by atoms with Gasteiger partial charge in [0.25, 0.3) is 5.91 Å². The van der Waals surface area contributed by atoms with Gasteiger partial charge >= 0.3 is 0 Å². The van der Waals surface area contributed by atoms with Crippen molar-refractivity contribution in [3.8, 4) is 5.75 Å². The van der Waals surface area contributed by atoms with Gasteiger partial charge in [-0.05, 0) is 62.9 Å². The maximum absolute atomic E-state index is 13.9. The average Bonchev–Trinajstić information content (AvgIpc) is 2.85. The van der Waals surface area contributed by atoms with Gasteiger partial charge in [-0.1, -0.05) is 20.8 Å². The summed E-state index contributed by atoms with van der Waals surface area (Å²) in [7, 11) is 3.14. The Hall–Kier alpha value is -3.70. The van der Waals surface area contributed by atoms with Crippen molar-refractivity contribution in [3.05, 3.63) is 45.9 Å². The van der Waals surface area contributed by atoms with Crippen LogP contribution in [0, 0.1) is 17.8 Å². The van der Waals surface area contributed by atoms with E-state index in [2.05, 4.69) is 5.32 Å². The summed E-state index contributed by atoms with van der Waals surface area (Å²) in [6, 6.07) is 1.71. The molecule has 11 nitrogen and oxygen atoms in total. The first-order valence-electron chi connectivity index (χ1n) is 13.0. The Kier molecular flexibility index (Phi) is 7.11. The number of aliphatic hydroxyl groups excluding tert-OH is 2. The fourth-order valence-electron chi connectivity index (χ4n) is 6.63. The number of allylic oxidation sites excluding steroid dienone is 1. The van der Waals surface area contributed by atoms with E-state index in [9.17, 15) is 39.6 Å². The molecule has 4 rings (SSSR count). The van der Waals surface area contributed by atoms with E-state index < -0.39 is 64.0 Å². The van der Waals surface area contributed by atoms with Crippen LogP contribution in [0.1, 0.15) is 61.9 Å². The summed E-state index contributed by atoms with van der Waals surface area (Å²) in [6.07, 6.45) is 1.19. The lowest BCUT2D eigenvalue weighted by Crippen LogP contribution is -2.64. The number of likely N-dealkylation sites (N-methyl/N-ethyl adjacent to an activating group) is 1. The van der Waals surface area contributed by atoms with E-state index in [1.165, 1.54) is 17.0 Å². The van der Waals surface area contributed by atoms with Crippen LogP contribution >= 0.6 is 0 Å². The van der Waals surface area contributed by atoms with Crippen molar-refractivity contribution >= 4 is 29.1 Å². The molecule has 7 N–H and O–H groups in total. The number of hydrogen-bond donors (Lipinski definition) is 6. The number of phenolic OH excluding ortho intramolecular Hbond substituents is 1. The van der Waals surface area contributed by atoms with Crippen LogP contribution in [0.25, 0.3) is 0 Å². The first-order valence-corrected chi connectivity index (χ1v) is 13.0. The third kappa shape index (κ3) is 3.94. The summed E-state index contributed by atoms with van der Waals surface area (Å²) in [5.74, 6) is -8.24. The van der Waals surface area contributed by atoms with Crippen LogP contribution < -0.4 is 11.1 Å². The fourth-order valence-corrected chi connectivity index (χ4v) is 6.63. The van der Waals surface area contributed by atoms with Gasteiger partial charge < -0.3 is 31.5 Å². The lowest BCUT2D eigenvalue weighted by Gasteiger charge is -2.51. The van der Waals surface area contributed by atoms with Gasteiger partial charge in [0.15, 0.2) is 11.4 Å². The molecule has 0 radical (unpaired) electrons. The molecule has 3 aliphatic carbocycles. The summed E-state index contributed by atoms with van der Waals surface area (Å²) >= 11 is 0. The number of nitrogens with one attached hydrogen (secondary N) is 1. The van der Waals surface area contributed by atoms with E-state index in [1.54, 1.807) is 21.0 Å². The van der Waals surface area contributed by atoms with Crippen molar-refractivity contribution in [3.63, 3.8) is 0 Å². The maximum Gasteiger partial charge on any atom is 0.255 e. The second kappa shape index (κ2) is 9.80. The first kappa shape index (κ1) is 28.3. The molecule has 0 bridgehead atoms. The van der Waals surface area contributed by atoms with Crippen LogP contribution in [0.2, 0.25) is 0 Å². The number of Topliss-reactive ketones (excluding diaryl/α,β-unsaturated/α-hetero) is 2. The predicted octanol–water partition coefficient (Wildman–Crippen LogP) is 2.06. The zero-order chi connectivity index (χ0) is 29.1. The molecule has 0 saturated heterocycles.